The number of benzene rings is 1. The second-order valence-electron chi connectivity index (χ2n) is 9.44. The molecule has 1 aromatic heterocycles. The summed E-state index contributed by atoms with van der Waals surface area (Å²) in [5, 5.41) is 13.6. The van der Waals surface area contributed by atoms with Gasteiger partial charge in [0, 0.05) is 63.9 Å². The van der Waals surface area contributed by atoms with Gasteiger partial charge in [0.25, 0.3) is 0 Å². The van der Waals surface area contributed by atoms with Crippen molar-refractivity contribution in [3.05, 3.63) is 41.6 Å². The smallest absolute Gasteiger partial charge is 0.234 e. The lowest BCUT2D eigenvalue weighted by Crippen LogP contribution is -2.48. The third-order valence-corrected chi connectivity index (χ3v) is 6.81. The van der Waals surface area contributed by atoms with E-state index < -0.39 is 0 Å². The van der Waals surface area contributed by atoms with Crippen molar-refractivity contribution in [3.63, 3.8) is 0 Å². The van der Waals surface area contributed by atoms with E-state index in [2.05, 4.69) is 57.2 Å². The van der Waals surface area contributed by atoms with Gasteiger partial charge in [0.15, 0.2) is 0 Å². The van der Waals surface area contributed by atoms with Crippen molar-refractivity contribution < 1.29 is 4.79 Å². The number of amides is 1. The van der Waals surface area contributed by atoms with Crippen molar-refractivity contribution in [2.45, 2.75) is 19.3 Å². The van der Waals surface area contributed by atoms with Gasteiger partial charge in [-0.05, 0) is 43.0 Å². The van der Waals surface area contributed by atoms with E-state index in [1.807, 2.05) is 12.1 Å². The number of likely N-dealkylation sites (N-methyl/N-ethyl adjacent to an activating group) is 1. The fourth-order valence-corrected chi connectivity index (χ4v) is 5.14. The van der Waals surface area contributed by atoms with Crippen LogP contribution in [0.25, 0.3) is 10.9 Å². The highest BCUT2D eigenvalue weighted by atomic mass is 16.2. The second-order valence-corrected chi connectivity index (χ2v) is 9.44. The second kappa shape index (κ2) is 10.4. The summed E-state index contributed by atoms with van der Waals surface area (Å²) >= 11 is 0. The van der Waals surface area contributed by atoms with Gasteiger partial charge in [-0.3, -0.25) is 19.6 Å². The first-order valence-electron chi connectivity index (χ1n) is 11.7. The topological polar surface area (TPSA) is 75.5 Å². The molecule has 2 atom stereocenters. The van der Waals surface area contributed by atoms with E-state index >= 15 is 0 Å². The first-order chi connectivity index (χ1) is 15.5. The Morgan fingerprint density at radius 3 is 2.78 bits per heavy atom. The molecular formula is C25H34N6O. The molecule has 32 heavy (non-hydrogen) atoms. The molecule has 2 aromatic rings. The van der Waals surface area contributed by atoms with Gasteiger partial charge in [-0.15, -0.1) is 0 Å². The predicted octanol–water partition coefficient (Wildman–Crippen LogP) is 1.90. The number of nitriles is 1. The fraction of sp³-hybridized carbons (Fsp3) is 0.560. The van der Waals surface area contributed by atoms with Gasteiger partial charge in [-0.1, -0.05) is 19.1 Å². The van der Waals surface area contributed by atoms with Crippen LogP contribution >= 0.6 is 0 Å². The molecule has 0 aliphatic carbocycles. The summed E-state index contributed by atoms with van der Waals surface area (Å²) in [7, 11) is 2.16. The molecule has 0 saturated carbocycles. The summed E-state index contributed by atoms with van der Waals surface area (Å²) in [6.07, 6.45) is 2.83. The molecule has 2 aliphatic rings. The van der Waals surface area contributed by atoms with E-state index in [1.54, 1.807) is 6.20 Å². The molecule has 0 bridgehead atoms. The number of rotatable bonds is 6. The van der Waals surface area contributed by atoms with Crippen molar-refractivity contribution in [3.8, 4) is 6.07 Å². The number of aromatic nitrogens is 1. The molecule has 2 saturated heterocycles. The molecule has 3 heterocycles. The molecule has 7 heteroatoms. The van der Waals surface area contributed by atoms with Crippen molar-refractivity contribution in [2.75, 3.05) is 66.0 Å². The fourth-order valence-electron chi connectivity index (χ4n) is 5.14. The number of fused-ring (bicyclic) bond motifs is 1. The molecule has 1 N–H and O–H groups in total. The summed E-state index contributed by atoms with van der Waals surface area (Å²) in [6.45, 7) is 10.5. The Morgan fingerprint density at radius 2 is 2.00 bits per heavy atom. The first-order valence-corrected chi connectivity index (χ1v) is 11.7. The average molecular weight is 435 g/mol. The highest BCUT2D eigenvalue weighted by molar-refractivity contribution is 5.87. The molecule has 0 spiro atoms. The van der Waals surface area contributed by atoms with Crippen LogP contribution in [0.3, 0.4) is 0 Å². The molecule has 2 aliphatic heterocycles. The van der Waals surface area contributed by atoms with Gasteiger partial charge in [0.1, 0.15) is 6.07 Å². The lowest BCUT2D eigenvalue weighted by Gasteiger charge is -2.37. The normalized spacial score (nSPS) is 23.2. The van der Waals surface area contributed by atoms with Crippen LogP contribution in [-0.4, -0.2) is 91.5 Å². The monoisotopic (exact) mass is 434 g/mol. The zero-order valence-corrected chi connectivity index (χ0v) is 19.3. The average Bonchev–Trinajstić information content (AvgIpc) is 2.79. The summed E-state index contributed by atoms with van der Waals surface area (Å²) in [5.74, 6) is 0.948. The Morgan fingerprint density at radius 1 is 1.19 bits per heavy atom. The van der Waals surface area contributed by atoms with Crippen LogP contribution in [-0.2, 0) is 4.79 Å². The van der Waals surface area contributed by atoms with E-state index in [4.69, 9.17) is 0 Å². The van der Waals surface area contributed by atoms with Gasteiger partial charge in [0.05, 0.1) is 17.6 Å². The number of hydrogen-bond donors (Lipinski definition) is 1. The Hall–Kier alpha value is -2.53. The van der Waals surface area contributed by atoms with E-state index in [-0.39, 0.29) is 5.91 Å². The number of hydrogen-bond acceptors (Lipinski definition) is 6. The standard InChI is InChI=1S/C25H34N6O/c1-19-14-21(22-6-5-20(15-26)25-23(22)4-3-7-28-25)17-31(16-19)18-24(32)27-8-9-30-12-10-29(2)11-13-30/h3-7,19,21H,8-14,16-18H2,1-2H3,(H,27,32)/t19?,21-/m1/s1. The minimum absolute atomic E-state index is 0.110. The highest BCUT2D eigenvalue weighted by Gasteiger charge is 2.28. The largest absolute Gasteiger partial charge is 0.354 e. The number of pyridine rings is 1. The van der Waals surface area contributed by atoms with Gasteiger partial charge >= 0.3 is 0 Å². The Kier molecular flexibility index (Phi) is 7.36. The maximum atomic E-state index is 12.6. The van der Waals surface area contributed by atoms with Crippen molar-refractivity contribution in [1.29, 1.82) is 5.26 Å². The third kappa shape index (κ3) is 5.44. The number of nitrogens with one attached hydrogen (secondary N) is 1. The van der Waals surface area contributed by atoms with Crippen LogP contribution in [0.4, 0.5) is 0 Å². The summed E-state index contributed by atoms with van der Waals surface area (Å²) < 4.78 is 0. The number of piperazine rings is 1. The van der Waals surface area contributed by atoms with Crippen LogP contribution in [0.2, 0.25) is 0 Å². The zero-order valence-electron chi connectivity index (χ0n) is 19.3. The Bertz CT molecular complexity index is 978. The highest BCUT2D eigenvalue weighted by Crippen LogP contribution is 2.34. The van der Waals surface area contributed by atoms with Crippen LogP contribution in [0.15, 0.2) is 30.5 Å². The number of likely N-dealkylation sites (tertiary alicyclic amines) is 1. The molecule has 170 valence electrons. The molecule has 1 unspecified atom stereocenters. The van der Waals surface area contributed by atoms with Crippen LogP contribution in [0.5, 0.6) is 0 Å². The maximum Gasteiger partial charge on any atom is 0.234 e. The van der Waals surface area contributed by atoms with Crippen molar-refractivity contribution in [1.82, 2.24) is 25.0 Å². The molecule has 1 amide bonds. The van der Waals surface area contributed by atoms with E-state index in [0.29, 0.717) is 30.5 Å². The lowest BCUT2D eigenvalue weighted by atomic mass is 9.83. The summed E-state index contributed by atoms with van der Waals surface area (Å²) in [5.41, 5.74) is 2.63. The Labute approximate surface area is 191 Å². The van der Waals surface area contributed by atoms with Crippen LogP contribution < -0.4 is 5.32 Å². The van der Waals surface area contributed by atoms with Crippen LogP contribution in [0.1, 0.15) is 30.4 Å². The van der Waals surface area contributed by atoms with Gasteiger partial charge in [0.2, 0.25) is 5.91 Å². The summed E-state index contributed by atoms with van der Waals surface area (Å²) in [4.78, 5) is 24.1. The van der Waals surface area contributed by atoms with E-state index in [0.717, 1.165) is 63.1 Å². The minimum Gasteiger partial charge on any atom is -0.354 e. The quantitative estimate of drug-likeness (QED) is 0.748. The number of carbonyl (C=O) groups excluding carboxylic acids is 1. The molecule has 0 radical (unpaired) electrons. The predicted molar refractivity (Wildman–Crippen MR) is 126 cm³/mol. The van der Waals surface area contributed by atoms with Crippen molar-refractivity contribution in [2.24, 2.45) is 5.92 Å². The third-order valence-electron chi connectivity index (χ3n) is 6.81. The summed E-state index contributed by atoms with van der Waals surface area (Å²) in [6, 6.07) is 10.2. The minimum atomic E-state index is 0.110. The van der Waals surface area contributed by atoms with Gasteiger partial charge < -0.3 is 10.2 Å². The number of piperidine rings is 1. The Balaban J connectivity index is 1.35. The van der Waals surface area contributed by atoms with E-state index in [9.17, 15) is 10.1 Å². The molecule has 7 nitrogen and oxygen atoms in total. The van der Waals surface area contributed by atoms with E-state index in [1.165, 1.54) is 5.56 Å². The number of nitrogens with zero attached hydrogens (tertiary/aromatic N) is 5. The number of carbonyl (C=O) groups is 1. The molecule has 2 fully saturated rings. The SMILES string of the molecule is CC1C[C@@H](c2ccc(C#N)c3ncccc23)CN(CC(=O)NCCN2CCN(C)CC2)C1. The molecule has 4 rings (SSSR count). The first kappa shape index (κ1) is 22.7. The van der Waals surface area contributed by atoms with Gasteiger partial charge in [-0.2, -0.15) is 5.26 Å². The maximum absolute atomic E-state index is 12.6. The molecular weight excluding hydrogens is 400 g/mol. The van der Waals surface area contributed by atoms with Crippen molar-refractivity contribution >= 4 is 16.8 Å². The van der Waals surface area contributed by atoms with Crippen LogP contribution in [0, 0.1) is 17.2 Å². The lowest BCUT2D eigenvalue weighted by molar-refractivity contribution is -0.122. The molecule has 1 aromatic carbocycles. The van der Waals surface area contributed by atoms with Gasteiger partial charge in [-0.25, -0.2) is 0 Å². The zero-order chi connectivity index (χ0) is 22.5.